The summed E-state index contributed by atoms with van der Waals surface area (Å²) < 4.78 is 4.50. The molecule has 0 fully saturated rings. The van der Waals surface area contributed by atoms with E-state index in [0.29, 0.717) is 0 Å². The van der Waals surface area contributed by atoms with E-state index < -0.39 is 23.9 Å². The number of esters is 1. The van der Waals surface area contributed by atoms with Crippen molar-refractivity contribution in [1.29, 1.82) is 5.41 Å². The lowest BCUT2D eigenvalue weighted by Crippen LogP contribution is -2.52. The predicted molar refractivity (Wildman–Crippen MR) is 69.0 cm³/mol. The molecule has 10 heteroatoms. The Kier molecular flexibility index (Phi) is 7.67. The number of carbonyl (C=O) groups excluding carboxylic acids is 2. The van der Waals surface area contributed by atoms with Gasteiger partial charge in [0.2, 0.25) is 5.91 Å². The Balaban J connectivity index is 4.41. The van der Waals surface area contributed by atoms with Crippen molar-refractivity contribution in [3.63, 3.8) is 0 Å². The van der Waals surface area contributed by atoms with Crippen LogP contribution in [-0.4, -0.2) is 73.6 Å². The quantitative estimate of drug-likeness (QED) is 0.181. The number of amides is 1. The highest BCUT2D eigenvalue weighted by molar-refractivity contribution is 5.86. The van der Waals surface area contributed by atoms with E-state index in [1.54, 1.807) is 0 Å². The van der Waals surface area contributed by atoms with E-state index in [2.05, 4.69) is 15.4 Å². The summed E-state index contributed by atoms with van der Waals surface area (Å²) in [6.45, 7) is -0.599. The first-order valence-corrected chi connectivity index (χ1v) is 5.61. The minimum atomic E-state index is -1.07. The highest BCUT2D eigenvalue weighted by Gasteiger charge is 2.22. The largest absolute Gasteiger partial charge is 0.480 e. The Morgan fingerprint density at radius 1 is 1.40 bits per heavy atom. The normalized spacial score (nSPS) is 11.6. The fraction of sp³-hybridized carbons (Fsp3) is 0.600. The zero-order valence-corrected chi connectivity index (χ0v) is 11.3. The average Bonchev–Trinajstić information content (AvgIpc) is 2.31. The van der Waals surface area contributed by atoms with Gasteiger partial charge in [0, 0.05) is 6.54 Å². The number of hydrogen-bond acceptors (Lipinski definition) is 6. The molecule has 0 saturated carbocycles. The number of carboxylic acid groups (broad SMARTS) is 1. The first-order chi connectivity index (χ1) is 9.26. The van der Waals surface area contributed by atoms with E-state index in [0.717, 1.165) is 7.11 Å². The van der Waals surface area contributed by atoms with Crippen molar-refractivity contribution < 1.29 is 24.2 Å². The number of hydrogen-bond donors (Lipinski definition) is 5. The third-order valence-corrected chi connectivity index (χ3v) is 2.14. The van der Waals surface area contributed by atoms with Crippen LogP contribution in [0.15, 0.2) is 0 Å². The highest BCUT2D eigenvalue weighted by Crippen LogP contribution is 1.89. The van der Waals surface area contributed by atoms with Crippen LogP contribution in [0, 0.1) is 5.41 Å². The Morgan fingerprint density at radius 3 is 2.45 bits per heavy atom. The minimum Gasteiger partial charge on any atom is -0.480 e. The van der Waals surface area contributed by atoms with E-state index in [1.807, 2.05) is 0 Å². The molecule has 0 aromatic carbocycles. The van der Waals surface area contributed by atoms with Crippen LogP contribution in [0.2, 0.25) is 0 Å². The molecule has 0 heterocycles. The van der Waals surface area contributed by atoms with E-state index in [-0.39, 0.29) is 25.6 Å². The zero-order chi connectivity index (χ0) is 15.7. The summed E-state index contributed by atoms with van der Waals surface area (Å²) in [4.78, 5) is 34.8. The van der Waals surface area contributed by atoms with Gasteiger partial charge < -0.3 is 26.2 Å². The second-order valence-electron chi connectivity index (χ2n) is 4.00. The molecule has 20 heavy (non-hydrogen) atoms. The SMILES string of the molecule is COC(=O)C(CNC(=N)N)NC(=O)CN(C)CC(=O)O. The van der Waals surface area contributed by atoms with E-state index in [4.69, 9.17) is 16.2 Å². The highest BCUT2D eigenvalue weighted by atomic mass is 16.5. The lowest BCUT2D eigenvalue weighted by atomic mass is 10.3. The third kappa shape index (κ3) is 7.87. The zero-order valence-electron chi connectivity index (χ0n) is 11.3. The topological polar surface area (TPSA) is 158 Å². The van der Waals surface area contributed by atoms with Crippen LogP contribution in [0.4, 0.5) is 0 Å². The Morgan fingerprint density at radius 2 is 2.00 bits per heavy atom. The molecule has 6 N–H and O–H groups in total. The number of guanidine groups is 1. The number of carbonyl (C=O) groups is 3. The number of aliphatic carboxylic acids is 1. The van der Waals surface area contributed by atoms with Gasteiger partial charge in [-0.1, -0.05) is 0 Å². The maximum Gasteiger partial charge on any atom is 0.330 e. The fourth-order valence-electron chi connectivity index (χ4n) is 1.32. The van der Waals surface area contributed by atoms with Gasteiger partial charge in [-0.15, -0.1) is 0 Å². The molecule has 0 radical (unpaired) electrons. The summed E-state index contributed by atoms with van der Waals surface area (Å²) in [5.41, 5.74) is 5.08. The molecule has 0 spiro atoms. The molecule has 0 aliphatic carbocycles. The lowest BCUT2D eigenvalue weighted by Gasteiger charge is -2.19. The molecule has 1 unspecified atom stereocenters. The first-order valence-electron chi connectivity index (χ1n) is 5.61. The van der Waals surface area contributed by atoms with Gasteiger partial charge in [-0.2, -0.15) is 0 Å². The number of likely N-dealkylation sites (N-methyl/N-ethyl adjacent to an activating group) is 1. The van der Waals surface area contributed by atoms with Gasteiger partial charge in [0.05, 0.1) is 20.2 Å². The van der Waals surface area contributed by atoms with Crippen molar-refractivity contribution in [3.05, 3.63) is 0 Å². The van der Waals surface area contributed by atoms with Crippen LogP contribution in [0.5, 0.6) is 0 Å². The number of nitrogens with zero attached hydrogens (tertiary/aromatic N) is 1. The van der Waals surface area contributed by atoms with Crippen molar-refractivity contribution in [3.8, 4) is 0 Å². The molecule has 10 nitrogen and oxygen atoms in total. The average molecular weight is 289 g/mol. The Hall–Kier alpha value is -2.36. The summed E-state index contributed by atoms with van der Waals surface area (Å²) in [5, 5.41) is 20.3. The fourth-order valence-corrected chi connectivity index (χ4v) is 1.32. The molecule has 0 aromatic rings. The maximum absolute atomic E-state index is 11.6. The smallest absolute Gasteiger partial charge is 0.330 e. The number of carboxylic acids is 1. The standard InChI is InChI=1S/C10H19N5O5/c1-15(5-8(17)18)4-7(16)14-6(9(19)20-2)3-13-10(11)12/h6H,3-5H2,1-2H3,(H,14,16)(H,17,18)(H4,11,12,13). The number of nitrogens with one attached hydrogen (secondary N) is 3. The molecule has 0 bridgehead atoms. The van der Waals surface area contributed by atoms with Crippen molar-refractivity contribution in [2.24, 2.45) is 5.73 Å². The summed E-state index contributed by atoms with van der Waals surface area (Å²) in [7, 11) is 2.61. The molecule has 114 valence electrons. The lowest BCUT2D eigenvalue weighted by molar-refractivity contribution is -0.145. The molecule has 0 aliphatic rings. The van der Waals surface area contributed by atoms with Crippen LogP contribution < -0.4 is 16.4 Å². The van der Waals surface area contributed by atoms with Crippen molar-refractivity contribution in [2.75, 3.05) is 33.8 Å². The Labute approximate surface area is 115 Å². The summed E-state index contributed by atoms with van der Waals surface area (Å²) in [5.74, 6) is -2.67. The second kappa shape index (κ2) is 8.69. The van der Waals surface area contributed by atoms with Crippen LogP contribution in [0.1, 0.15) is 0 Å². The van der Waals surface area contributed by atoms with Gasteiger partial charge >= 0.3 is 11.9 Å². The van der Waals surface area contributed by atoms with Crippen LogP contribution in [0.3, 0.4) is 0 Å². The number of methoxy groups -OCH3 is 1. The first kappa shape index (κ1) is 17.6. The van der Waals surface area contributed by atoms with Crippen LogP contribution >= 0.6 is 0 Å². The summed E-state index contributed by atoms with van der Waals surface area (Å²) in [6.07, 6.45) is 0. The van der Waals surface area contributed by atoms with E-state index in [9.17, 15) is 14.4 Å². The number of nitrogens with two attached hydrogens (primary N) is 1. The van der Waals surface area contributed by atoms with Gasteiger partial charge in [0.15, 0.2) is 5.96 Å². The minimum absolute atomic E-state index is 0.101. The van der Waals surface area contributed by atoms with Crippen LogP contribution in [-0.2, 0) is 19.1 Å². The maximum atomic E-state index is 11.6. The monoisotopic (exact) mass is 289 g/mol. The van der Waals surface area contributed by atoms with E-state index in [1.165, 1.54) is 11.9 Å². The Bertz CT molecular complexity index is 386. The molecule has 0 rings (SSSR count). The summed E-state index contributed by atoms with van der Waals surface area (Å²) in [6, 6.07) is -1.02. The van der Waals surface area contributed by atoms with Crippen molar-refractivity contribution in [1.82, 2.24) is 15.5 Å². The van der Waals surface area contributed by atoms with Gasteiger partial charge in [0.1, 0.15) is 6.04 Å². The molecule has 0 aromatic heterocycles. The number of rotatable bonds is 8. The molecule has 0 saturated heterocycles. The second-order valence-corrected chi connectivity index (χ2v) is 4.00. The van der Waals surface area contributed by atoms with Gasteiger partial charge in [-0.05, 0) is 7.05 Å². The van der Waals surface area contributed by atoms with E-state index >= 15 is 0 Å². The van der Waals surface area contributed by atoms with Crippen molar-refractivity contribution >= 4 is 23.8 Å². The van der Waals surface area contributed by atoms with Gasteiger partial charge in [0.25, 0.3) is 0 Å². The van der Waals surface area contributed by atoms with Gasteiger partial charge in [-0.3, -0.25) is 19.9 Å². The van der Waals surface area contributed by atoms with Crippen molar-refractivity contribution in [2.45, 2.75) is 6.04 Å². The predicted octanol–water partition coefficient (Wildman–Crippen LogP) is -2.86. The molecule has 1 atom stereocenters. The third-order valence-electron chi connectivity index (χ3n) is 2.14. The molecular formula is C10H19N5O5. The molecule has 1 amide bonds. The van der Waals surface area contributed by atoms with Crippen LogP contribution in [0.25, 0.3) is 0 Å². The molecule has 0 aliphatic heterocycles. The molecular weight excluding hydrogens is 270 g/mol. The van der Waals surface area contributed by atoms with Gasteiger partial charge in [-0.25, -0.2) is 4.79 Å². The summed E-state index contributed by atoms with van der Waals surface area (Å²) >= 11 is 0. The number of ether oxygens (including phenoxy) is 1.